The SMILES string of the molecule is COC(=O)c1ncc(I)c(C(F)F)c1C(F)(F)F. The minimum absolute atomic E-state index is 0.373. The number of hydrogen-bond donors (Lipinski definition) is 0. The maximum atomic E-state index is 12.8. The number of nitrogens with zero attached hydrogens (tertiary/aromatic N) is 1. The van der Waals surface area contributed by atoms with Gasteiger partial charge in [0.05, 0.1) is 12.7 Å². The number of rotatable bonds is 2. The van der Waals surface area contributed by atoms with E-state index in [-0.39, 0.29) is 3.57 Å². The normalized spacial score (nSPS) is 11.8. The van der Waals surface area contributed by atoms with Crippen molar-refractivity contribution in [3.63, 3.8) is 0 Å². The molecule has 0 aliphatic rings. The van der Waals surface area contributed by atoms with E-state index in [9.17, 15) is 26.7 Å². The van der Waals surface area contributed by atoms with Gasteiger partial charge < -0.3 is 4.74 Å². The van der Waals surface area contributed by atoms with Crippen molar-refractivity contribution in [1.82, 2.24) is 4.98 Å². The number of alkyl halides is 5. The lowest BCUT2D eigenvalue weighted by atomic mass is 10.1. The third-order valence-electron chi connectivity index (χ3n) is 1.95. The summed E-state index contributed by atoms with van der Waals surface area (Å²) < 4.78 is 67.4. The molecular weight excluding hydrogens is 376 g/mol. The van der Waals surface area contributed by atoms with E-state index in [1.165, 1.54) is 22.6 Å². The molecule has 0 radical (unpaired) electrons. The lowest BCUT2D eigenvalue weighted by molar-refractivity contribution is -0.140. The summed E-state index contributed by atoms with van der Waals surface area (Å²) >= 11 is 1.30. The molecule has 9 heteroatoms. The Morgan fingerprint density at radius 1 is 1.44 bits per heavy atom. The molecule has 0 aromatic carbocycles. The molecule has 3 nitrogen and oxygen atoms in total. The maximum absolute atomic E-state index is 12.8. The maximum Gasteiger partial charge on any atom is 0.419 e. The molecular formula is C9H5F5INO2. The van der Waals surface area contributed by atoms with Crippen molar-refractivity contribution in [2.24, 2.45) is 0 Å². The third-order valence-corrected chi connectivity index (χ3v) is 2.81. The van der Waals surface area contributed by atoms with Crippen molar-refractivity contribution in [3.8, 4) is 0 Å². The number of aromatic nitrogens is 1. The Morgan fingerprint density at radius 2 is 2.00 bits per heavy atom. The molecule has 0 spiro atoms. The first-order valence-corrected chi connectivity index (χ1v) is 5.40. The van der Waals surface area contributed by atoms with E-state index < -0.39 is 35.4 Å². The van der Waals surface area contributed by atoms with Crippen molar-refractivity contribution in [3.05, 3.63) is 26.6 Å². The average Bonchev–Trinajstić information content (AvgIpc) is 2.25. The summed E-state index contributed by atoms with van der Waals surface area (Å²) in [6.45, 7) is 0. The van der Waals surface area contributed by atoms with Crippen LogP contribution in [0.5, 0.6) is 0 Å². The topological polar surface area (TPSA) is 39.2 Å². The minimum atomic E-state index is -5.12. The number of halogens is 6. The third kappa shape index (κ3) is 2.87. The second-order valence-electron chi connectivity index (χ2n) is 3.03. The number of hydrogen-bond acceptors (Lipinski definition) is 3. The summed E-state index contributed by atoms with van der Waals surface area (Å²) in [7, 11) is 0.837. The van der Waals surface area contributed by atoms with Crippen molar-refractivity contribution in [2.75, 3.05) is 7.11 Å². The predicted octanol–water partition coefficient (Wildman–Crippen LogP) is 3.43. The second kappa shape index (κ2) is 5.33. The van der Waals surface area contributed by atoms with Crippen molar-refractivity contribution >= 4 is 28.6 Å². The van der Waals surface area contributed by atoms with E-state index in [0.29, 0.717) is 0 Å². The van der Waals surface area contributed by atoms with Crippen LogP contribution in [-0.2, 0) is 10.9 Å². The van der Waals surface area contributed by atoms with E-state index in [2.05, 4.69) is 9.72 Å². The summed E-state index contributed by atoms with van der Waals surface area (Å²) in [5.74, 6) is -1.42. The van der Waals surface area contributed by atoms with Gasteiger partial charge in [-0.1, -0.05) is 0 Å². The smallest absolute Gasteiger partial charge is 0.419 e. The quantitative estimate of drug-likeness (QED) is 0.448. The Morgan fingerprint density at radius 3 is 2.39 bits per heavy atom. The van der Waals surface area contributed by atoms with Crippen LogP contribution in [0.4, 0.5) is 22.0 Å². The summed E-state index contributed by atoms with van der Waals surface area (Å²) in [6.07, 6.45) is -7.73. The van der Waals surface area contributed by atoms with Gasteiger partial charge in [0.2, 0.25) is 0 Å². The summed E-state index contributed by atoms with van der Waals surface area (Å²) in [6, 6.07) is 0. The molecule has 0 amide bonds. The molecule has 18 heavy (non-hydrogen) atoms. The Bertz CT molecular complexity index is 475. The van der Waals surface area contributed by atoms with E-state index in [1.807, 2.05) is 0 Å². The highest BCUT2D eigenvalue weighted by Crippen LogP contribution is 2.40. The molecule has 1 aromatic rings. The van der Waals surface area contributed by atoms with Gasteiger partial charge in [-0.2, -0.15) is 13.2 Å². The first-order chi connectivity index (χ1) is 8.20. The van der Waals surface area contributed by atoms with Gasteiger partial charge in [-0.3, -0.25) is 0 Å². The number of pyridine rings is 1. The van der Waals surface area contributed by atoms with Gasteiger partial charge in [0.1, 0.15) is 0 Å². The molecule has 0 aliphatic heterocycles. The fraction of sp³-hybridized carbons (Fsp3) is 0.333. The standard InChI is InChI=1S/C9H5F5INO2/c1-18-8(17)6-5(9(12,13)14)4(7(10)11)3(15)2-16-6/h2,7H,1H3. The molecule has 1 aromatic heterocycles. The fourth-order valence-corrected chi connectivity index (χ4v) is 1.90. The Kier molecular flexibility index (Phi) is 4.46. The molecule has 0 bridgehead atoms. The zero-order valence-corrected chi connectivity index (χ0v) is 10.8. The summed E-state index contributed by atoms with van der Waals surface area (Å²) in [5, 5.41) is 0. The number of ether oxygens (including phenoxy) is 1. The first-order valence-electron chi connectivity index (χ1n) is 4.32. The van der Waals surface area contributed by atoms with Crippen LogP contribution < -0.4 is 0 Å². The zero-order valence-electron chi connectivity index (χ0n) is 8.69. The Hall–Kier alpha value is -1.00. The van der Waals surface area contributed by atoms with E-state index in [1.54, 1.807) is 0 Å². The molecule has 0 saturated heterocycles. The van der Waals surface area contributed by atoms with Gasteiger partial charge in [0.15, 0.2) is 5.69 Å². The van der Waals surface area contributed by atoms with Crippen LogP contribution in [0.15, 0.2) is 6.20 Å². The molecule has 0 N–H and O–H groups in total. The Labute approximate surface area is 111 Å². The number of carbonyl (C=O) groups is 1. The molecule has 1 rings (SSSR count). The molecule has 0 saturated carbocycles. The zero-order chi connectivity index (χ0) is 14.1. The van der Waals surface area contributed by atoms with Crippen LogP contribution in [0, 0.1) is 3.57 Å². The highest BCUT2D eigenvalue weighted by atomic mass is 127. The van der Waals surface area contributed by atoms with Gasteiger partial charge in [0.25, 0.3) is 6.43 Å². The van der Waals surface area contributed by atoms with Gasteiger partial charge in [-0.05, 0) is 22.6 Å². The highest BCUT2D eigenvalue weighted by molar-refractivity contribution is 14.1. The first kappa shape index (κ1) is 15.1. The summed E-state index contributed by atoms with van der Waals surface area (Å²) in [4.78, 5) is 14.4. The van der Waals surface area contributed by atoms with Gasteiger partial charge in [-0.15, -0.1) is 0 Å². The van der Waals surface area contributed by atoms with E-state index in [4.69, 9.17) is 0 Å². The molecule has 0 fully saturated rings. The van der Waals surface area contributed by atoms with Crippen LogP contribution in [0.2, 0.25) is 0 Å². The fourth-order valence-electron chi connectivity index (χ4n) is 1.25. The molecule has 1 heterocycles. The highest BCUT2D eigenvalue weighted by Gasteiger charge is 2.42. The van der Waals surface area contributed by atoms with Crippen molar-refractivity contribution in [2.45, 2.75) is 12.6 Å². The second-order valence-corrected chi connectivity index (χ2v) is 4.20. The number of carbonyl (C=O) groups excluding carboxylic acids is 1. The molecule has 0 unspecified atom stereocenters. The van der Waals surface area contributed by atoms with Crippen LogP contribution in [0.1, 0.15) is 28.0 Å². The molecule has 0 aliphatic carbocycles. The van der Waals surface area contributed by atoms with Crippen molar-refractivity contribution < 1.29 is 31.5 Å². The molecule has 100 valence electrons. The van der Waals surface area contributed by atoms with E-state index >= 15 is 0 Å². The lowest BCUT2D eigenvalue weighted by Gasteiger charge is -2.16. The van der Waals surface area contributed by atoms with Crippen LogP contribution in [0.3, 0.4) is 0 Å². The summed E-state index contributed by atoms with van der Waals surface area (Å²) in [5.41, 5.74) is -4.18. The van der Waals surface area contributed by atoms with Gasteiger partial charge in [-0.25, -0.2) is 18.6 Å². The Balaban J connectivity index is 3.65. The molecule has 0 atom stereocenters. The average molecular weight is 381 g/mol. The van der Waals surface area contributed by atoms with Crippen LogP contribution >= 0.6 is 22.6 Å². The van der Waals surface area contributed by atoms with Crippen molar-refractivity contribution in [1.29, 1.82) is 0 Å². The monoisotopic (exact) mass is 381 g/mol. The minimum Gasteiger partial charge on any atom is -0.464 e. The lowest BCUT2D eigenvalue weighted by Crippen LogP contribution is -2.20. The number of methoxy groups -OCH3 is 1. The van der Waals surface area contributed by atoms with Crippen LogP contribution in [0.25, 0.3) is 0 Å². The largest absolute Gasteiger partial charge is 0.464 e. The van der Waals surface area contributed by atoms with Gasteiger partial charge in [0, 0.05) is 15.3 Å². The number of esters is 1. The van der Waals surface area contributed by atoms with E-state index in [0.717, 1.165) is 13.3 Å². The predicted molar refractivity (Wildman–Crippen MR) is 58.3 cm³/mol. The van der Waals surface area contributed by atoms with Gasteiger partial charge >= 0.3 is 12.1 Å². The van der Waals surface area contributed by atoms with Crippen LogP contribution in [-0.4, -0.2) is 18.1 Å².